The molecule has 1 atom stereocenters. The Balaban J connectivity index is 4.25. The number of alkyl halides is 3. The highest BCUT2D eigenvalue weighted by molar-refractivity contribution is 5.76. The molecule has 0 heterocycles. The van der Waals surface area contributed by atoms with Crippen LogP contribution in [0.2, 0.25) is 0 Å². The maximum Gasteiger partial charge on any atom is 0.389 e. The van der Waals surface area contributed by atoms with Crippen molar-refractivity contribution in [3.8, 4) is 0 Å². The summed E-state index contributed by atoms with van der Waals surface area (Å²) < 4.78 is 35.5. The molecule has 1 amide bonds. The molecule has 2 nitrogen and oxygen atoms in total. The molecule has 0 saturated carbocycles. The largest absolute Gasteiger partial charge is 0.389 e. The molecule has 0 aliphatic rings. The van der Waals surface area contributed by atoms with E-state index in [1.165, 1.54) is 0 Å². The van der Waals surface area contributed by atoms with E-state index in [-0.39, 0.29) is 5.92 Å². The van der Waals surface area contributed by atoms with Gasteiger partial charge in [0.25, 0.3) is 0 Å². The van der Waals surface area contributed by atoms with Crippen molar-refractivity contribution in [1.29, 1.82) is 0 Å². The molecule has 0 saturated heterocycles. The monoisotopic (exact) mass is 183 g/mol. The first-order valence-electron chi connectivity index (χ1n) is 3.60. The molecule has 72 valence electrons. The van der Waals surface area contributed by atoms with Crippen LogP contribution in [0.4, 0.5) is 13.2 Å². The zero-order valence-electron chi connectivity index (χ0n) is 6.98. The smallest absolute Gasteiger partial charge is 0.369 e. The second kappa shape index (κ2) is 3.78. The van der Waals surface area contributed by atoms with Crippen LogP contribution >= 0.6 is 0 Å². The van der Waals surface area contributed by atoms with Crippen molar-refractivity contribution in [2.24, 2.45) is 17.6 Å². The number of carbonyl (C=O) groups excluding carboxylic acids is 1. The fourth-order valence-electron chi connectivity index (χ4n) is 0.914. The summed E-state index contributed by atoms with van der Waals surface area (Å²) in [7, 11) is 0. The maximum atomic E-state index is 11.8. The van der Waals surface area contributed by atoms with Gasteiger partial charge in [-0.2, -0.15) is 13.2 Å². The summed E-state index contributed by atoms with van der Waals surface area (Å²) in [5, 5.41) is 0. The molecular weight excluding hydrogens is 171 g/mol. The van der Waals surface area contributed by atoms with E-state index in [4.69, 9.17) is 5.73 Å². The highest BCUT2D eigenvalue weighted by Crippen LogP contribution is 2.28. The molecule has 0 radical (unpaired) electrons. The summed E-state index contributed by atoms with van der Waals surface area (Å²) in [6.07, 6.45) is -5.44. The van der Waals surface area contributed by atoms with Crippen LogP contribution in [0.1, 0.15) is 20.3 Å². The van der Waals surface area contributed by atoms with Crippen molar-refractivity contribution >= 4 is 5.91 Å². The van der Waals surface area contributed by atoms with Crippen molar-refractivity contribution < 1.29 is 18.0 Å². The van der Waals surface area contributed by atoms with Crippen LogP contribution in [0.3, 0.4) is 0 Å². The molecular formula is C7H12F3NO. The van der Waals surface area contributed by atoms with Gasteiger partial charge in [0.1, 0.15) is 0 Å². The minimum atomic E-state index is -4.32. The van der Waals surface area contributed by atoms with Crippen LogP contribution in [0.5, 0.6) is 0 Å². The van der Waals surface area contributed by atoms with E-state index >= 15 is 0 Å². The van der Waals surface area contributed by atoms with Crippen LogP contribution in [-0.4, -0.2) is 12.1 Å². The van der Waals surface area contributed by atoms with E-state index in [9.17, 15) is 18.0 Å². The molecule has 0 bridgehead atoms. The minimum Gasteiger partial charge on any atom is -0.369 e. The third-order valence-electron chi connectivity index (χ3n) is 1.62. The number of carbonyl (C=O) groups is 1. The minimum absolute atomic E-state index is 0.371. The van der Waals surface area contributed by atoms with Gasteiger partial charge in [-0.1, -0.05) is 13.8 Å². The van der Waals surface area contributed by atoms with Crippen molar-refractivity contribution in [1.82, 2.24) is 0 Å². The predicted octanol–water partition coefficient (Wildman–Crippen LogP) is 1.70. The van der Waals surface area contributed by atoms with Crippen LogP contribution < -0.4 is 5.73 Å². The van der Waals surface area contributed by atoms with E-state index in [1.54, 1.807) is 13.8 Å². The molecule has 0 aromatic carbocycles. The van der Waals surface area contributed by atoms with Gasteiger partial charge in [-0.15, -0.1) is 0 Å². The molecule has 1 unspecified atom stereocenters. The Kier molecular flexibility index (Phi) is 3.55. The molecule has 2 N–H and O–H groups in total. The molecule has 0 aromatic rings. The lowest BCUT2D eigenvalue weighted by atomic mass is 9.92. The van der Waals surface area contributed by atoms with E-state index in [0.29, 0.717) is 0 Å². The Labute approximate surface area is 68.9 Å². The lowest BCUT2D eigenvalue weighted by Gasteiger charge is -2.18. The molecule has 0 fully saturated rings. The summed E-state index contributed by atoms with van der Waals surface area (Å²) in [4.78, 5) is 10.5. The first-order chi connectivity index (χ1) is 5.24. The Morgan fingerprint density at radius 1 is 1.42 bits per heavy atom. The molecule has 0 aromatic heterocycles. The van der Waals surface area contributed by atoms with Gasteiger partial charge in [-0.3, -0.25) is 4.79 Å². The van der Waals surface area contributed by atoms with Crippen LogP contribution in [0.25, 0.3) is 0 Å². The summed E-state index contributed by atoms with van der Waals surface area (Å²) >= 11 is 0. The Hall–Kier alpha value is -0.740. The number of hydrogen-bond acceptors (Lipinski definition) is 1. The third-order valence-corrected chi connectivity index (χ3v) is 1.62. The first kappa shape index (κ1) is 11.3. The van der Waals surface area contributed by atoms with Gasteiger partial charge >= 0.3 is 6.18 Å². The molecule has 0 rings (SSSR count). The van der Waals surface area contributed by atoms with E-state index < -0.39 is 24.4 Å². The summed E-state index contributed by atoms with van der Waals surface area (Å²) in [6, 6.07) is 0. The van der Waals surface area contributed by atoms with Crippen molar-refractivity contribution in [2.45, 2.75) is 26.4 Å². The molecule has 0 aliphatic heterocycles. The number of amides is 1. The standard InChI is InChI=1S/C7H12F3NO/c1-4(2)5(6(11)12)3-7(8,9)10/h4-5H,3H2,1-2H3,(H2,11,12). The van der Waals surface area contributed by atoms with Gasteiger partial charge in [-0.05, 0) is 5.92 Å². The van der Waals surface area contributed by atoms with Gasteiger partial charge in [0.15, 0.2) is 0 Å². The van der Waals surface area contributed by atoms with Crippen molar-refractivity contribution in [3.05, 3.63) is 0 Å². The van der Waals surface area contributed by atoms with Gasteiger partial charge < -0.3 is 5.73 Å². The molecule has 0 spiro atoms. The zero-order valence-corrected chi connectivity index (χ0v) is 6.98. The van der Waals surface area contributed by atoms with Crippen LogP contribution in [0.15, 0.2) is 0 Å². The maximum absolute atomic E-state index is 11.8. The molecule has 5 heteroatoms. The predicted molar refractivity (Wildman–Crippen MR) is 38.2 cm³/mol. The van der Waals surface area contributed by atoms with Crippen molar-refractivity contribution in [2.75, 3.05) is 0 Å². The Bertz CT molecular complexity index is 165. The highest BCUT2D eigenvalue weighted by Gasteiger charge is 2.35. The van der Waals surface area contributed by atoms with Gasteiger partial charge in [-0.25, -0.2) is 0 Å². The van der Waals surface area contributed by atoms with Gasteiger partial charge in [0, 0.05) is 5.92 Å². The topological polar surface area (TPSA) is 43.1 Å². The fourth-order valence-corrected chi connectivity index (χ4v) is 0.914. The molecule has 0 aliphatic carbocycles. The van der Waals surface area contributed by atoms with E-state index in [0.717, 1.165) is 0 Å². The second-order valence-corrected chi connectivity index (χ2v) is 3.07. The number of rotatable bonds is 3. The van der Waals surface area contributed by atoms with Crippen molar-refractivity contribution in [3.63, 3.8) is 0 Å². The van der Waals surface area contributed by atoms with E-state index in [2.05, 4.69) is 0 Å². The van der Waals surface area contributed by atoms with Crippen LogP contribution in [-0.2, 0) is 4.79 Å². The summed E-state index contributed by atoms with van der Waals surface area (Å²) in [6.45, 7) is 3.09. The highest BCUT2D eigenvalue weighted by atomic mass is 19.4. The number of nitrogens with two attached hydrogens (primary N) is 1. The quantitative estimate of drug-likeness (QED) is 0.710. The summed E-state index contributed by atoms with van der Waals surface area (Å²) in [5.74, 6) is -2.36. The Morgan fingerprint density at radius 3 is 1.92 bits per heavy atom. The Morgan fingerprint density at radius 2 is 1.83 bits per heavy atom. The lowest BCUT2D eigenvalue weighted by Crippen LogP contribution is -2.31. The zero-order chi connectivity index (χ0) is 9.94. The normalized spacial score (nSPS) is 14.8. The number of primary amides is 1. The van der Waals surface area contributed by atoms with Gasteiger partial charge in [0.2, 0.25) is 5.91 Å². The average Bonchev–Trinajstić information content (AvgIpc) is 1.79. The second-order valence-electron chi connectivity index (χ2n) is 3.07. The SMILES string of the molecule is CC(C)C(CC(F)(F)F)C(N)=O. The number of halogens is 3. The molecule has 12 heavy (non-hydrogen) atoms. The average molecular weight is 183 g/mol. The third kappa shape index (κ3) is 4.20. The van der Waals surface area contributed by atoms with E-state index in [1.807, 2.05) is 0 Å². The van der Waals surface area contributed by atoms with Gasteiger partial charge in [0.05, 0.1) is 6.42 Å². The summed E-state index contributed by atoms with van der Waals surface area (Å²) in [5.41, 5.74) is 4.81. The first-order valence-corrected chi connectivity index (χ1v) is 3.60. The number of hydrogen-bond donors (Lipinski definition) is 1. The van der Waals surface area contributed by atoms with Crippen LogP contribution in [0, 0.1) is 11.8 Å². The fraction of sp³-hybridized carbons (Fsp3) is 0.857. The lowest BCUT2D eigenvalue weighted by molar-refractivity contribution is -0.156.